The first-order valence-electron chi connectivity index (χ1n) is 7.07. The maximum Gasteiger partial charge on any atom is 0.247 e. The number of hydrogen-bond donors (Lipinski definition) is 3. The second kappa shape index (κ2) is 7.34. The molecule has 0 bridgehead atoms. The summed E-state index contributed by atoms with van der Waals surface area (Å²) < 4.78 is 12.7. The first kappa shape index (κ1) is 16.4. The highest BCUT2D eigenvalue weighted by atomic mass is 16.5. The molecule has 122 valence electrons. The van der Waals surface area contributed by atoms with Gasteiger partial charge in [0.25, 0.3) is 0 Å². The number of nitrogens with zero attached hydrogens (tertiary/aromatic N) is 4. The maximum absolute atomic E-state index is 9.01. The van der Waals surface area contributed by atoms with Crippen molar-refractivity contribution >= 4 is 17.1 Å². The molecule has 1 atom stereocenters. The van der Waals surface area contributed by atoms with Crippen LogP contribution in [0.4, 0.5) is 5.95 Å². The minimum absolute atomic E-state index is 0.0212. The van der Waals surface area contributed by atoms with Crippen molar-refractivity contribution in [2.45, 2.75) is 39.2 Å². The number of aromatic nitrogens is 4. The van der Waals surface area contributed by atoms with E-state index in [0.29, 0.717) is 17.0 Å². The quantitative estimate of drug-likeness (QED) is 0.617. The summed E-state index contributed by atoms with van der Waals surface area (Å²) in [6.07, 6.45) is 1.66. The molecule has 0 saturated carbocycles. The number of fused-ring (bicyclic) bond motifs is 1. The summed E-state index contributed by atoms with van der Waals surface area (Å²) in [5, 5.41) is 18.0. The lowest BCUT2D eigenvalue weighted by Gasteiger charge is -2.14. The van der Waals surface area contributed by atoms with Crippen molar-refractivity contribution in [1.29, 1.82) is 0 Å². The molecule has 4 N–H and O–H groups in total. The smallest absolute Gasteiger partial charge is 0.247 e. The Morgan fingerprint density at radius 3 is 2.68 bits per heavy atom. The molecule has 1 unspecified atom stereocenters. The van der Waals surface area contributed by atoms with Gasteiger partial charge in [0, 0.05) is 0 Å². The standard InChI is InChI=1S/C13H21N5O4/c1-3-8(2)22-12-10-11(16-13(14)17-12)18(6-15-10)7-21-9(4-19)5-20/h6,8-9,19-20H,3-5,7H2,1-2H3,(H2,14,16,17). The van der Waals surface area contributed by atoms with Crippen LogP contribution in [0.3, 0.4) is 0 Å². The lowest BCUT2D eigenvalue weighted by atomic mass is 10.3. The van der Waals surface area contributed by atoms with Gasteiger partial charge in [0.2, 0.25) is 11.8 Å². The van der Waals surface area contributed by atoms with Crippen molar-refractivity contribution < 1.29 is 19.7 Å². The van der Waals surface area contributed by atoms with Gasteiger partial charge in [0.15, 0.2) is 11.2 Å². The number of nitrogen functional groups attached to an aromatic ring is 1. The van der Waals surface area contributed by atoms with E-state index in [-0.39, 0.29) is 32.0 Å². The predicted molar refractivity (Wildman–Crippen MR) is 79.2 cm³/mol. The largest absolute Gasteiger partial charge is 0.473 e. The molecule has 0 spiro atoms. The molecule has 0 fully saturated rings. The van der Waals surface area contributed by atoms with Crippen LogP contribution in [-0.2, 0) is 11.5 Å². The number of hydrogen-bond acceptors (Lipinski definition) is 8. The molecular weight excluding hydrogens is 290 g/mol. The van der Waals surface area contributed by atoms with Crippen LogP contribution in [-0.4, -0.2) is 55.2 Å². The Kier molecular flexibility index (Phi) is 5.47. The van der Waals surface area contributed by atoms with Crippen LogP contribution in [0.15, 0.2) is 6.33 Å². The molecule has 2 aromatic rings. The second-order valence-electron chi connectivity index (χ2n) is 4.89. The van der Waals surface area contributed by atoms with E-state index < -0.39 is 6.10 Å². The number of aliphatic hydroxyl groups is 2. The van der Waals surface area contributed by atoms with E-state index in [9.17, 15) is 0 Å². The zero-order chi connectivity index (χ0) is 16.1. The van der Waals surface area contributed by atoms with Crippen molar-refractivity contribution in [1.82, 2.24) is 19.5 Å². The molecule has 0 amide bonds. The minimum Gasteiger partial charge on any atom is -0.473 e. The Bertz CT molecular complexity index is 614. The van der Waals surface area contributed by atoms with Gasteiger partial charge in [-0.15, -0.1) is 0 Å². The summed E-state index contributed by atoms with van der Waals surface area (Å²) in [6, 6.07) is 0. The van der Waals surface area contributed by atoms with E-state index in [2.05, 4.69) is 15.0 Å². The average molecular weight is 311 g/mol. The average Bonchev–Trinajstić information content (AvgIpc) is 2.91. The molecule has 0 saturated heterocycles. The summed E-state index contributed by atoms with van der Waals surface area (Å²) in [4.78, 5) is 12.4. The van der Waals surface area contributed by atoms with E-state index in [1.54, 1.807) is 4.57 Å². The number of imidazole rings is 1. The topological polar surface area (TPSA) is 129 Å². The van der Waals surface area contributed by atoms with Gasteiger partial charge < -0.3 is 25.4 Å². The SMILES string of the molecule is CCC(C)Oc1nc(N)nc2c1ncn2COC(CO)CO. The normalized spacial score (nSPS) is 13.0. The van der Waals surface area contributed by atoms with Crippen molar-refractivity contribution in [3.8, 4) is 5.88 Å². The highest BCUT2D eigenvalue weighted by Crippen LogP contribution is 2.23. The van der Waals surface area contributed by atoms with E-state index in [1.807, 2.05) is 13.8 Å². The Labute approximate surface area is 127 Å². The molecule has 22 heavy (non-hydrogen) atoms. The Balaban J connectivity index is 2.26. The van der Waals surface area contributed by atoms with Crippen molar-refractivity contribution in [2.75, 3.05) is 18.9 Å². The number of nitrogens with two attached hydrogens (primary N) is 1. The van der Waals surface area contributed by atoms with Crippen LogP contribution in [0, 0.1) is 0 Å². The van der Waals surface area contributed by atoms with Gasteiger partial charge in [-0.05, 0) is 13.3 Å². The summed E-state index contributed by atoms with van der Waals surface area (Å²) >= 11 is 0. The molecule has 0 radical (unpaired) electrons. The number of ether oxygens (including phenoxy) is 2. The monoisotopic (exact) mass is 311 g/mol. The fraction of sp³-hybridized carbons (Fsp3) is 0.615. The van der Waals surface area contributed by atoms with Crippen LogP contribution in [0.1, 0.15) is 20.3 Å². The lowest BCUT2D eigenvalue weighted by Crippen LogP contribution is -2.23. The summed E-state index contributed by atoms with van der Waals surface area (Å²) in [5.74, 6) is 0.407. The van der Waals surface area contributed by atoms with Crippen LogP contribution in [0.2, 0.25) is 0 Å². The summed E-state index contributed by atoms with van der Waals surface area (Å²) in [7, 11) is 0. The molecule has 0 aliphatic carbocycles. The van der Waals surface area contributed by atoms with Crippen LogP contribution in [0.25, 0.3) is 11.2 Å². The van der Waals surface area contributed by atoms with Gasteiger partial charge in [-0.25, -0.2) is 4.98 Å². The van der Waals surface area contributed by atoms with Crippen molar-refractivity contribution in [2.24, 2.45) is 0 Å². The van der Waals surface area contributed by atoms with E-state index in [1.165, 1.54) is 6.33 Å². The zero-order valence-corrected chi connectivity index (χ0v) is 12.6. The Hall–Kier alpha value is -1.97. The third kappa shape index (κ3) is 3.62. The van der Waals surface area contributed by atoms with Crippen LogP contribution in [0.5, 0.6) is 5.88 Å². The first-order chi connectivity index (χ1) is 10.6. The fourth-order valence-electron chi connectivity index (χ4n) is 1.73. The van der Waals surface area contributed by atoms with Gasteiger partial charge in [-0.3, -0.25) is 4.57 Å². The van der Waals surface area contributed by atoms with E-state index >= 15 is 0 Å². The molecule has 0 aliphatic rings. The number of anilines is 1. The highest BCUT2D eigenvalue weighted by molar-refractivity contribution is 5.77. The Morgan fingerprint density at radius 1 is 1.32 bits per heavy atom. The van der Waals surface area contributed by atoms with Gasteiger partial charge in [-0.2, -0.15) is 9.97 Å². The predicted octanol–water partition coefficient (Wildman–Crippen LogP) is -0.0869. The third-order valence-electron chi connectivity index (χ3n) is 3.19. The van der Waals surface area contributed by atoms with Crippen molar-refractivity contribution in [3.63, 3.8) is 0 Å². The number of aliphatic hydroxyl groups excluding tert-OH is 2. The van der Waals surface area contributed by atoms with E-state index in [0.717, 1.165) is 6.42 Å². The third-order valence-corrected chi connectivity index (χ3v) is 3.19. The van der Waals surface area contributed by atoms with Gasteiger partial charge >= 0.3 is 0 Å². The minimum atomic E-state index is -0.660. The van der Waals surface area contributed by atoms with E-state index in [4.69, 9.17) is 25.4 Å². The molecule has 2 aromatic heterocycles. The van der Waals surface area contributed by atoms with Crippen LogP contribution >= 0.6 is 0 Å². The van der Waals surface area contributed by atoms with Gasteiger partial charge in [0.05, 0.1) is 25.6 Å². The molecule has 9 heteroatoms. The Morgan fingerprint density at radius 2 is 2.05 bits per heavy atom. The van der Waals surface area contributed by atoms with Crippen molar-refractivity contribution in [3.05, 3.63) is 6.33 Å². The highest BCUT2D eigenvalue weighted by Gasteiger charge is 2.16. The molecule has 9 nitrogen and oxygen atoms in total. The molecule has 2 rings (SSSR count). The number of rotatable bonds is 8. The molecule has 2 heterocycles. The van der Waals surface area contributed by atoms with Gasteiger partial charge in [0.1, 0.15) is 12.8 Å². The second-order valence-corrected chi connectivity index (χ2v) is 4.89. The zero-order valence-electron chi connectivity index (χ0n) is 12.6. The molecule has 0 aliphatic heterocycles. The molecule has 0 aromatic carbocycles. The van der Waals surface area contributed by atoms with Gasteiger partial charge in [-0.1, -0.05) is 6.92 Å². The summed E-state index contributed by atoms with van der Waals surface area (Å²) in [5.41, 5.74) is 6.68. The van der Waals surface area contributed by atoms with Crippen LogP contribution < -0.4 is 10.5 Å². The maximum atomic E-state index is 9.01. The lowest BCUT2D eigenvalue weighted by molar-refractivity contribution is -0.0488. The first-order valence-corrected chi connectivity index (χ1v) is 7.07. The molecular formula is C13H21N5O4. The fourth-order valence-corrected chi connectivity index (χ4v) is 1.73. The summed E-state index contributed by atoms with van der Waals surface area (Å²) in [6.45, 7) is 3.45.